The molecule has 4 aromatic carbocycles. The molecule has 8 rings (SSSR count). The number of aromatic nitrogens is 2. The average molecular weight is 805 g/mol. The molecule has 0 aliphatic carbocycles. The number of hydrogen-bond acceptors (Lipinski definition) is 4. The molecule has 2 aromatic heterocycles. The Morgan fingerprint density at radius 2 is 1.50 bits per heavy atom. The van der Waals surface area contributed by atoms with Gasteiger partial charge in [0.15, 0.2) is 0 Å². The molecule has 0 atom stereocenters. The molecule has 2 aliphatic heterocycles. The van der Waals surface area contributed by atoms with Gasteiger partial charge in [0.05, 0.1) is 0 Å². The normalized spacial score (nSPS) is 12.2. The fourth-order valence-electron chi connectivity index (χ4n) is 6.30. The van der Waals surface area contributed by atoms with Gasteiger partial charge in [0, 0.05) is 43.7 Å². The summed E-state index contributed by atoms with van der Waals surface area (Å²) in [5.74, 6) is 3.42. The number of rotatable bonds is 3. The Kier molecular flexibility index (Phi) is 9.42. The first kappa shape index (κ1) is 33.4. The van der Waals surface area contributed by atoms with Crippen LogP contribution in [0.5, 0.6) is 23.0 Å². The van der Waals surface area contributed by atoms with Crippen LogP contribution in [0, 0.1) is 38.3 Å². The van der Waals surface area contributed by atoms with E-state index in [1.807, 2.05) is 54.9 Å². The molecule has 6 aromatic rings. The van der Waals surface area contributed by atoms with E-state index in [-0.39, 0.29) is 32.2 Å². The smallest absolute Gasteiger partial charge is 0.241 e. The van der Waals surface area contributed by atoms with Crippen LogP contribution in [-0.4, -0.2) is 16.7 Å². The van der Waals surface area contributed by atoms with Gasteiger partial charge in [-0.15, -0.1) is 59.1 Å². The maximum Gasteiger partial charge on any atom is 0.241 e. The van der Waals surface area contributed by atoms with Crippen molar-refractivity contribution in [3.8, 4) is 45.5 Å². The quantitative estimate of drug-likeness (QED) is 0.133. The van der Waals surface area contributed by atoms with Crippen LogP contribution in [0.2, 0.25) is 0 Å². The van der Waals surface area contributed by atoms with Gasteiger partial charge < -0.3 is 19.4 Å². The van der Waals surface area contributed by atoms with E-state index in [9.17, 15) is 0 Å². The SMILES string of the molecule is CC(C)(C)Cc1ccnc(-c2[c-]ccc3c2Oc2cccc4c2B3c2ccccc2O4)c1.Cc1c[c-]c(-c2cc(C)c(C)cn2)cc1.[Ir]. The Labute approximate surface area is 298 Å². The summed E-state index contributed by atoms with van der Waals surface area (Å²) in [6.45, 7) is 13.1. The summed E-state index contributed by atoms with van der Waals surface area (Å²) in [6, 6.07) is 37.6. The van der Waals surface area contributed by atoms with Crippen LogP contribution < -0.4 is 25.9 Å². The fraction of sp³-hybridized carbons (Fsp3) is 0.190. The van der Waals surface area contributed by atoms with Crippen molar-refractivity contribution in [2.45, 2.75) is 48.0 Å². The second kappa shape index (κ2) is 13.5. The predicted molar refractivity (Wildman–Crippen MR) is 192 cm³/mol. The third-order valence-corrected chi connectivity index (χ3v) is 8.70. The third kappa shape index (κ3) is 6.74. The summed E-state index contributed by atoms with van der Waals surface area (Å²) in [5, 5.41) is 0. The molecule has 0 unspecified atom stereocenters. The number of hydrogen-bond donors (Lipinski definition) is 0. The van der Waals surface area contributed by atoms with Crippen LogP contribution in [0.1, 0.15) is 43.0 Å². The molecule has 0 bridgehead atoms. The van der Waals surface area contributed by atoms with E-state index in [4.69, 9.17) is 14.5 Å². The van der Waals surface area contributed by atoms with Gasteiger partial charge in [0.25, 0.3) is 0 Å². The van der Waals surface area contributed by atoms with Gasteiger partial charge in [0.1, 0.15) is 17.2 Å². The molecule has 4 heterocycles. The molecule has 6 heteroatoms. The van der Waals surface area contributed by atoms with E-state index < -0.39 is 0 Å². The van der Waals surface area contributed by atoms with E-state index in [2.05, 4.69) is 107 Å². The molecule has 0 saturated heterocycles. The molecular formula is C42H37BIrN2O2-2. The number of ether oxygens (including phenoxy) is 2. The van der Waals surface area contributed by atoms with Crippen LogP contribution in [0.3, 0.4) is 0 Å². The number of aryl methyl sites for hydroxylation is 3. The minimum Gasteiger partial charge on any atom is -0.503 e. The summed E-state index contributed by atoms with van der Waals surface area (Å²) >= 11 is 0. The molecule has 0 N–H and O–H groups in total. The molecule has 4 nitrogen and oxygen atoms in total. The molecule has 0 amide bonds. The first-order chi connectivity index (χ1) is 22.6. The van der Waals surface area contributed by atoms with Crippen molar-refractivity contribution >= 4 is 23.1 Å². The Hall–Kier alpha value is -4.51. The first-order valence-electron chi connectivity index (χ1n) is 16.1. The molecule has 0 saturated carbocycles. The monoisotopic (exact) mass is 805 g/mol. The molecule has 0 fully saturated rings. The van der Waals surface area contributed by atoms with Gasteiger partial charge in [-0.2, -0.15) is 0 Å². The Morgan fingerprint density at radius 1 is 0.729 bits per heavy atom. The predicted octanol–water partition coefficient (Wildman–Crippen LogP) is 8.34. The van der Waals surface area contributed by atoms with Crippen molar-refractivity contribution in [2.24, 2.45) is 5.41 Å². The van der Waals surface area contributed by atoms with Gasteiger partial charge in [-0.25, -0.2) is 0 Å². The van der Waals surface area contributed by atoms with Crippen LogP contribution >= 0.6 is 0 Å². The van der Waals surface area contributed by atoms with Crippen molar-refractivity contribution in [3.05, 3.63) is 138 Å². The van der Waals surface area contributed by atoms with E-state index >= 15 is 0 Å². The van der Waals surface area contributed by atoms with Crippen molar-refractivity contribution in [2.75, 3.05) is 0 Å². The summed E-state index contributed by atoms with van der Waals surface area (Å²) in [6.07, 6.45) is 4.79. The van der Waals surface area contributed by atoms with Crippen molar-refractivity contribution in [1.29, 1.82) is 0 Å². The Morgan fingerprint density at radius 3 is 2.25 bits per heavy atom. The second-order valence-corrected chi connectivity index (χ2v) is 13.7. The Bertz CT molecular complexity index is 2100. The summed E-state index contributed by atoms with van der Waals surface area (Å²) in [7, 11) is 0. The maximum atomic E-state index is 6.51. The largest absolute Gasteiger partial charge is 0.503 e. The average Bonchev–Trinajstić information content (AvgIpc) is 3.06. The third-order valence-electron chi connectivity index (χ3n) is 8.70. The molecule has 1 radical (unpaired) electrons. The zero-order chi connectivity index (χ0) is 32.7. The standard InChI is InChI=1S/C28H23BNO2.C14H14N.Ir/c1-28(2,3)17-18-14-15-30-22(16-18)19-8-6-10-21-27(19)32-25-13-7-12-24-26(25)29(21)20-9-4-5-11-23(20)31-24;1-10-4-6-13(7-5-10)14-8-11(2)12(3)9-15-14;/h4-7,9-16H,17H2,1-3H3;4-6,8-9H,1-3H3;/q2*-1;. The van der Waals surface area contributed by atoms with E-state index in [0.717, 1.165) is 68.3 Å². The number of benzene rings is 4. The van der Waals surface area contributed by atoms with Crippen LogP contribution in [0.15, 0.2) is 103 Å². The number of para-hydroxylation sites is 1. The van der Waals surface area contributed by atoms with Gasteiger partial charge in [-0.3, -0.25) is 0 Å². The molecule has 48 heavy (non-hydrogen) atoms. The van der Waals surface area contributed by atoms with Gasteiger partial charge >= 0.3 is 0 Å². The summed E-state index contributed by atoms with van der Waals surface area (Å²) < 4.78 is 12.7. The van der Waals surface area contributed by atoms with Gasteiger partial charge in [-0.05, 0) is 72.4 Å². The molecule has 241 valence electrons. The van der Waals surface area contributed by atoms with Crippen molar-refractivity contribution in [3.63, 3.8) is 0 Å². The summed E-state index contributed by atoms with van der Waals surface area (Å²) in [5.41, 5.74) is 12.4. The van der Waals surface area contributed by atoms with Crippen molar-refractivity contribution < 1.29 is 29.6 Å². The van der Waals surface area contributed by atoms with Crippen LogP contribution in [0.4, 0.5) is 0 Å². The first-order valence-corrected chi connectivity index (χ1v) is 16.1. The van der Waals surface area contributed by atoms with Gasteiger partial charge in [0.2, 0.25) is 6.71 Å². The number of nitrogens with zero attached hydrogens (tertiary/aromatic N) is 2. The molecular weight excluding hydrogens is 768 g/mol. The van der Waals surface area contributed by atoms with Crippen molar-refractivity contribution in [1.82, 2.24) is 9.97 Å². The van der Waals surface area contributed by atoms with E-state index in [0.29, 0.717) is 0 Å². The maximum absolute atomic E-state index is 6.51. The number of pyridine rings is 2. The zero-order valence-corrected chi connectivity index (χ0v) is 30.5. The second-order valence-electron chi connectivity index (χ2n) is 13.7. The van der Waals surface area contributed by atoms with Crippen LogP contribution in [0.25, 0.3) is 22.5 Å². The summed E-state index contributed by atoms with van der Waals surface area (Å²) in [4.78, 5) is 9.10. The van der Waals surface area contributed by atoms with E-state index in [1.54, 1.807) is 0 Å². The van der Waals surface area contributed by atoms with Gasteiger partial charge in [-0.1, -0.05) is 80.8 Å². The Balaban J connectivity index is 0.000000212. The molecule has 0 spiro atoms. The topological polar surface area (TPSA) is 44.2 Å². The fourth-order valence-corrected chi connectivity index (χ4v) is 6.30. The molecule has 2 aliphatic rings. The van der Waals surface area contributed by atoms with E-state index in [1.165, 1.54) is 22.3 Å². The van der Waals surface area contributed by atoms with Crippen LogP contribution in [-0.2, 0) is 26.5 Å². The minimum atomic E-state index is 0. The zero-order valence-electron chi connectivity index (χ0n) is 28.1. The number of fused-ring (bicyclic) bond motifs is 4. The minimum absolute atomic E-state index is 0.